The Morgan fingerprint density at radius 1 is 1.05 bits per heavy atom. The predicted molar refractivity (Wildman–Crippen MR) is 80.1 cm³/mol. The van der Waals surface area contributed by atoms with Gasteiger partial charge < -0.3 is 10.6 Å². The molecule has 2 N–H and O–H groups in total. The van der Waals surface area contributed by atoms with Gasteiger partial charge in [0.05, 0.1) is 11.4 Å². The highest BCUT2D eigenvalue weighted by atomic mass is 16.6. The number of benzene rings is 2. The molecule has 3 aromatic rings. The summed E-state index contributed by atoms with van der Waals surface area (Å²) in [5, 5.41) is 7.85. The Hall–Kier alpha value is -2.56. The summed E-state index contributed by atoms with van der Waals surface area (Å²) in [6.07, 6.45) is 0. The van der Waals surface area contributed by atoms with E-state index in [1.54, 1.807) is 0 Å². The first kappa shape index (κ1) is 12.5. The molecule has 5 heteroatoms. The molecule has 0 aliphatic heterocycles. The predicted octanol–water partition coefficient (Wildman–Crippen LogP) is 3.27. The molecule has 0 saturated carbocycles. The van der Waals surface area contributed by atoms with Gasteiger partial charge in [0.2, 0.25) is 0 Å². The largest absolute Gasteiger partial charge is 0.397 e. The van der Waals surface area contributed by atoms with Gasteiger partial charge in [0, 0.05) is 12.2 Å². The molecule has 0 atom stereocenters. The quantitative estimate of drug-likeness (QED) is 0.738. The standard InChI is InChI=1S/C15H16N4O/c1-3-19(11-6-4-10(2)5-7-11)13-9-8-12(16)14-15(13)18-20-17-14/h4-9H,3,16H2,1-2H3. The second-order valence-electron chi connectivity index (χ2n) is 4.72. The lowest BCUT2D eigenvalue weighted by atomic mass is 10.1. The van der Waals surface area contributed by atoms with Gasteiger partial charge >= 0.3 is 0 Å². The Balaban J connectivity index is 2.14. The summed E-state index contributed by atoms with van der Waals surface area (Å²) in [4.78, 5) is 2.16. The van der Waals surface area contributed by atoms with Gasteiger partial charge in [-0.15, -0.1) is 0 Å². The second kappa shape index (κ2) is 4.85. The van der Waals surface area contributed by atoms with E-state index in [0.29, 0.717) is 16.7 Å². The molecule has 0 amide bonds. The van der Waals surface area contributed by atoms with Crippen molar-refractivity contribution < 1.29 is 4.63 Å². The van der Waals surface area contributed by atoms with Crippen LogP contribution in [0.1, 0.15) is 12.5 Å². The molecular formula is C15H16N4O. The van der Waals surface area contributed by atoms with Crippen molar-refractivity contribution in [3.8, 4) is 0 Å². The number of aromatic nitrogens is 2. The molecule has 0 spiro atoms. The van der Waals surface area contributed by atoms with Crippen molar-refractivity contribution in [3.63, 3.8) is 0 Å². The highest BCUT2D eigenvalue weighted by Gasteiger charge is 2.16. The number of nitrogens with two attached hydrogens (primary N) is 1. The first-order chi connectivity index (χ1) is 9.70. The average molecular weight is 268 g/mol. The van der Waals surface area contributed by atoms with Crippen molar-refractivity contribution in [2.24, 2.45) is 0 Å². The third-order valence-corrected chi connectivity index (χ3v) is 3.38. The number of nitrogen functional groups attached to an aromatic ring is 1. The molecule has 0 unspecified atom stereocenters. The molecular weight excluding hydrogens is 252 g/mol. The average Bonchev–Trinajstić information content (AvgIpc) is 2.94. The van der Waals surface area contributed by atoms with Gasteiger partial charge in [0.15, 0.2) is 11.0 Å². The lowest BCUT2D eigenvalue weighted by Gasteiger charge is -2.23. The highest BCUT2D eigenvalue weighted by molar-refractivity contribution is 5.96. The summed E-state index contributed by atoms with van der Waals surface area (Å²) >= 11 is 0. The maximum absolute atomic E-state index is 5.89. The zero-order chi connectivity index (χ0) is 14.1. The van der Waals surface area contributed by atoms with Crippen molar-refractivity contribution in [1.82, 2.24) is 10.3 Å². The van der Waals surface area contributed by atoms with Crippen LogP contribution in [0.4, 0.5) is 17.1 Å². The van der Waals surface area contributed by atoms with Crippen molar-refractivity contribution >= 4 is 28.1 Å². The SMILES string of the molecule is CCN(c1ccc(C)cc1)c1ccc(N)c2nonc12. The summed E-state index contributed by atoms with van der Waals surface area (Å²) < 4.78 is 4.83. The van der Waals surface area contributed by atoms with E-state index in [2.05, 4.69) is 53.3 Å². The van der Waals surface area contributed by atoms with Crippen LogP contribution < -0.4 is 10.6 Å². The summed E-state index contributed by atoms with van der Waals surface area (Å²) in [6.45, 7) is 4.98. The van der Waals surface area contributed by atoms with Gasteiger partial charge in [-0.1, -0.05) is 17.7 Å². The van der Waals surface area contributed by atoms with Gasteiger partial charge in [-0.3, -0.25) is 0 Å². The summed E-state index contributed by atoms with van der Waals surface area (Å²) in [5.74, 6) is 0. The fraction of sp³-hybridized carbons (Fsp3) is 0.200. The maximum Gasteiger partial charge on any atom is 0.160 e. The van der Waals surface area contributed by atoms with Gasteiger partial charge in [-0.25, -0.2) is 4.63 Å². The Bertz CT molecular complexity index is 733. The minimum absolute atomic E-state index is 0.574. The first-order valence-corrected chi connectivity index (χ1v) is 6.55. The molecule has 0 saturated heterocycles. The van der Waals surface area contributed by atoms with E-state index < -0.39 is 0 Å². The van der Waals surface area contributed by atoms with Gasteiger partial charge in [-0.2, -0.15) is 0 Å². The molecule has 102 valence electrons. The number of fused-ring (bicyclic) bond motifs is 1. The van der Waals surface area contributed by atoms with Crippen LogP contribution in [0.2, 0.25) is 0 Å². The molecule has 20 heavy (non-hydrogen) atoms. The topological polar surface area (TPSA) is 68.2 Å². The monoisotopic (exact) mass is 268 g/mol. The lowest BCUT2D eigenvalue weighted by Crippen LogP contribution is -2.16. The maximum atomic E-state index is 5.89. The molecule has 0 aliphatic carbocycles. The Morgan fingerprint density at radius 2 is 1.75 bits per heavy atom. The van der Waals surface area contributed by atoms with Crippen LogP contribution in [-0.4, -0.2) is 16.9 Å². The van der Waals surface area contributed by atoms with Crippen LogP contribution in [0.3, 0.4) is 0 Å². The van der Waals surface area contributed by atoms with E-state index in [9.17, 15) is 0 Å². The second-order valence-corrected chi connectivity index (χ2v) is 4.72. The number of hydrogen-bond acceptors (Lipinski definition) is 5. The van der Waals surface area contributed by atoms with Crippen LogP contribution in [0.15, 0.2) is 41.0 Å². The zero-order valence-corrected chi connectivity index (χ0v) is 11.5. The number of nitrogens with zero attached hydrogens (tertiary/aromatic N) is 3. The minimum atomic E-state index is 0.574. The third kappa shape index (κ3) is 1.97. The fourth-order valence-corrected chi connectivity index (χ4v) is 2.31. The molecule has 2 aromatic carbocycles. The molecule has 1 heterocycles. The van der Waals surface area contributed by atoms with Crippen LogP contribution in [0.25, 0.3) is 11.0 Å². The number of rotatable bonds is 3. The van der Waals surface area contributed by atoms with Gasteiger partial charge in [0.1, 0.15) is 0 Å². The fourth-order valence-electron chi connectivity index (χ4n) is 2.31. The molecule has 1 aromatic heterocycles. The van der Waals surface area contributed by atoms with Gasteiger partial charge in [-0.05, 0) is 48.4 Å². The smallest absolute Gasteiger partial charge is 0.160 e. The molecule has 0 bridgehead atoms. The van der Waals surface area contributed by atoms with E-state index >= 15 is 0 Å². The number of aryl methyl sites for hydroxylation is 1. The minimum Gasteiger partial charge on any atom is -0.397 e. The Kier molecular flexibility index (Phi) is 3.02. The first-order valence-electron chi connectivity index (χ1n) is 6.55. The number of hydrogen-bond donors (Lipinski definition) is 1. The van der Waals surface area contributed by atoms with E-state index in [1.807, 2.05) is 12.1 Å². The molecule has 0 fully saturated rings. The molecule has 0 aliphatic rings. The van der Waals surface area contributed by atoms with Gasteiger partial charge in [0.25, 0.3) is 0 Å². The highest BCUT2D eigenvalue weighted by Crippen LogP contribution is 2.32. The lowest BCUT2D eigenvalue weighted by molar-refractivity contribution is 0.315. The van der Waals surface area contributed by atoms with Crippen molar-refractivity contribution in [1.29, 1.82) is 0 Å². The molecule has 5 nitrogen and oxygen atoms in total. The van der Waals surface area contributed by atoms with Crippen molar-refractivity contribution in [2.75, 3.05) is 17.2 Å². The Labute approximate surface area is 117 Å². The summed E-state index contributed by atoms with van der Waals surface area (Å²) in [6, 6.07) is 12.1. The van der Waals surface area contributed by atoms with Crippen molar-refractivity contribution in [2.45, 2.75) is 13.8 Å². The van der Waals surface area contributed by atoms with Crippen LogP contribution in [-0.2, 0) is 0 Å². The van der Waals surface area contributed by atoms with Crippen LogP contribution in [0, 0.1) is 6.92 Å². The van der Waals surface area contributed by atoms with E-state index in [0.717, 1.165) is 17.9 Å². The summed E-state index contributed by atoms with van der Waals surface area (Å²) in [7, 11) is 0. The Morgan fingerprint density at radius 3 is 2.45 bits per heavy atom. The zero-order valence-electron chi connectivity index (χ0n) is 11.5. The third-order valence-electron chi connectivity index (χ3n) is 3.38. The van der Waals surface area contributed by atoms with Crippen LogP contribution >= 0.6 is 0 Å². The van der Waals surface area contributed by atoms with E-state index in [-0.39, 0.29) is 0 Å². The normalized spacial score (nSPS) is 10.9. The van der Waals surface area contributed by atoms with E-state index in [4.69, 9.17) is 10.4 Å². The van der Waals surface area contributed by atoms with Crippen molar-refractivity contribution in [3.05, 3.63) is 42.0 Å². The molecule has 0 radical (unpaired) electrons. The van der Waals surface area contributed by atoms with Crippen LogP contribution in [0.5, 0.6) is 0 Å². The summed E-state index contributed by atoms with van der Waals surface area (Å²) in [5.41, 5.74) is 11.0. The van der Waals surface area contributed by atoms with E-state index in [1.165, 1.54) is 5.56 Å². The number of anilines is 3. The molecule has 3 rings (SSSR count).